The van der Waals surface area contributed by atoms with E-state index in [0.717, 1.165) is 30.9 Å². The first-order chi connectivity index (χ1) is 10.5. The van der Waals surface area contributed by atoms with Gasteiger partial charge in [0, 0.05) is 44.7 Å². The fourth-order valence-corrected chi connectivity index (χ4v) is 4.78. The molecule has 0 spiro atoms. The first-order valence-corrected chi connectivity index (χ1v) is 10.8. The number of thioether (sulfide) groups is 1. The molecule has 1 fully saturated rings. The van der Waals surface area contributed by atoms with Gasteiger partial charge in [-0.3, -0.25) is 4.99 Å². The molecule has 0 aliphatic carbocycles. The molecule has 0 atom stereocenters. The zero-order chi connectivity index (χ0) is 16.4. The fraction of sp³-hybridized carbons (Fsp3) is 0.929. The monoisotopic (exact) mass is 350 g/mol. The minimum Gasteiger partial charge on any atom is -0.356 e. The molecule has 0 unspecified atom stereocenters. The first kappa shape index (κ1) is 19.6. The second-order valence-electron chi connectivity index (χ2n) is 5.39. The van der Waals surface area contributed by atoms with Gasteiger partial charge in [-0.1, -0.05) is 26.7 Å². The molecule has 1 heterocycles. The van der Waals surface area contributed by atoms with Gasteiger partial charge in [0.25, 0.3) is 0 Å². The van der Waals surface area contributed by atoms with Crippen molar-refractivity contribution in [3.05, 3.63) is 0 Å². The lowest BCUT2D eigenvalue weighted by Crippen LogP contribution is -2.44. The largest absolute Gasteiger partial charge is 0.356 e. The fourth-order valence-electron chi connectivity index (χ4n) is 2.29. The molecule has 1 aliphatic heterocycles. The van der Waals surface area contributed by atoms with Gasteiger partial charge < -0.3 is 10.6 Å². The van der Waals surface area contributed by atoms with E-state index in [-0.39, 0.29) is 5.75 Å². The van der Waals surface area contributed by atoms with Crippen molar-refractivity contribution in [2.75, 3.05) is 50.5 Å². The molecule has 0 saturated carbocycles. The van der Waals surface area contributed by atoms with Crippen LogP contribution < -0.4 is 10.6 Å². The van der Waals surface area contributed by atoms with Crippen LogP contribution in [0.15, 0.2) is 4.99 Å². The Kier molecular flexibility index (Phi) is 9.19. The third-order valence-electron chi connectivity index (χ3n) is 3.95. The van der Waals surface area contributed by atoms with Crippen LogP contribution in [0.3, 0.4) is 0 Å². The number of nitrogens with one attached hydrogen (secondary N) is 2. The summed E-state index contributed by atoms with van der Waals surface area (Å²) in [6, 6.07) is 0. The van der Waals surface area contributed by atoms with E-state index < -0.39 is 10.0 Å². The van der Waals surface area contributed by atoms with Gasteiger partial charge in [-0.2, -0.15) is 11.8 Å². The highest BCUT2D eigenvalue weighted by Gasteiger charge is 2.23. The lowest BCUT2D eigenvalue weighted by atomic mass is 10.0. The zero-order valence-corrected chi connectivity index (χ0v) is 15.6. The molecule has 2 N–H and O–H groups in total. The molecular formula is C14H30N4O2S2. The summed E-state index contributed by atoms with van der Waals surface area (Å²) in [5.74, 6) is 3.20. The third kappa shape index (κ3) is 6.75. The topological polar surface area (TPSA) is 73.8 Å². The van der Waals surface area contributed by atoms with Crippen LogP contribution in [0.25, 0.3) is 0 Å². The highest BCUT2D eigenvalue weighted by atomic mass is 32.2. The third-order valence-corrected chi connectivity index (χ3v) is 6.77. The number of hydrogen-bond acceptors (Lipinski definition) is 4. The first-order valence-electron chi connectivity index (χ1n) is 8.03. The van der Waals surface area contributed by atoms with Crippen LogP contribution in [0.2, 0.25) is 0 Å². The Balaban J connectivity index is 2.34. The smallest absolute Gasteiger partial charge is 0.215 e. The van der Waals surface area contributed by atoms with E-state index in [2.05, 4.69) is 29.5 Å². The Labute approximate surface area is 139 Å². The molecular weight excluding hydrogens is 320 g/mol. The van der Waals surface area contributed by atoms with Gasteiger partial charge in [-0.25, -0.2) is 12.7 Å². The van der Waals surface area contributed by atoms with Crippen molar-refractivity contribution in [1.82, 2.24) is 14.9 Å². The predicted molar refractivity (Wildman–Crippen MR) is 96.1 cm³/mol. The molecule has 0 bridgehead atoms. The molecule has 0 aromatic rings. The lowest BCUT2D eigenvalue weighted by molar-refractivity contribution is 0.443. The predicted octanol–water partition coefficient (Wildman–Crippen LogP) is 0.966. The van der Waals surface area contributed by atoms with Crippen LogP contribution in [-0.4, -0.2) is 69.2 Å². The van der Waals surface area contributed by atoms with Gasteiger partial charge in [0.15, 0.2) is 5.96 Å². The van der Waals surface area contributed by atoms with Crippen molar-refractivity contribution >= 4 is 27.7 Å². The van der Waals surface area contributed by atoms with Crippen LogP contribution in [0.5, 0.6) is 0 Å². The second-order valence-corrected chi connectivity index (χ2v) is 8.70. The number of rotatable bonds is 8. The Morgan fingerprint density at radius 2 is 1.86 bits per heavy atom. The number of hydrogen-bond donors (Lipinski definition) is 2. The molecule has 8 heteroatoms. The van der Waals surface area contributed by atoms with Gasteiger partial charge in [0.2, 0.25) is 10.0 Å². The van der Waals surface area contributed by atoms with Crippen molar-refractivity contribution < 1.29 is 8.42 Å². The summed E-state index contributed by atoms with van der Waals surface area (Å²) in [5, 5.41) is 6.36. The molecule has 1 rings (SSSR count). The zero-order valence-electron chi connectivity index (χ0n) is 14.0. The molecule has 0 aromatic heterocycles. The maximum absolute atomic E-state index is 12.2. The molecule has 1 aliphatic rings. The summed E-state index contributed by atoms with van der Waals surface area (Å²) in [6.07, 6.45) is 2.25. The number of aliphatic imine (C=N–C) groups is 1. The van der Waals surface area contributed by atoms with Crippen molar-refractivity contribution in [2.24, 2.45) is 10.9 Å². The van der Waals surface area contributed by atoms with Gasteiger partial charge in [0.05, 0.1) is 5.75 Å². The van der Waals surface area contributed by atoms with Crippen LogP contribution >= 0.6 is 11.8 Å². The molecule has 22 heavy (non-hydrogen) atoms. The Morgan fingerprint density at radius 1 is 1.23 bits per heavy atom. The van der Waals surface area contributed by atoms with E-state index in [9.17, 15) is 8.42 Å². The lowest BCUT2D eigenvalue weighted by Gasteiger charge is -2.25. The Bertz CT molecular complexity index is 430. The maximum Gasteiger partial charge on any atom is 0.215 e. The maximum atomic E-state index is 12.2. The van der Waals surface area contributed by atoms with E-state index in [1.807, 2.05) is 11.8 Å². The number of guanidine groups is 1. The highest BCUT2D eigenvalue weighted by Crippen LogP contribution is 2.13. The van der Waals surface area contributed by atoms with Gasteiger partial charge in [-0.15, -0.1) is 0 Å². The summed E-state index contributed by atoms with van der Waals surface area (Å²) < 4.78 is 26.1. The number of nitrogens with zero attached hydrogens (tertiary/aromatic N) is 2. The SMILES string of the molecule is CCC(CC)CNC(=NC)NCCS(=O)(=O)N1CCSCC1. The standard InChI is InChI=1S/C14H30N4O2S2/c1-4-13(5-2)12-17-14(15-3)16-6-11-22(19,20)18-7-9-21-10-8-18/h13H,4-12H2,1-3H3,(H2,15,16,17). The van der Waals surface area contributed by atoms with E-state index >= 15 is 0 Å². The van der Waals surface area contributed by atoms with E-state index in [0.29, 0.717) is 31.5 Å². The van der Waals surface area contributed by atoms with Gasteiger partial charge in [-0.05, 0) is 5.92 Å². The summed E-state index contributed by atoms with van der Waals surface area (Å²) >= 11 is 1.81. The van der Waals surface area contributed by atoms with Crippen molar-refractivity contribution in [3.63, 3.8) is 0 Å². The quantitative estimate of drug-likeness (QED) is 0.504. The normalized spacial score (nSPS) is 17.7. The summed E-state index contributed by atoms with van der Waals surface area (Å²) in [5.41, 5.74) is 0. The molecule has 130 valence electrons. The van der Waals surface area contributed by atoms with Crippen molar-refractivity contribution in [3.8, 4) is 0 Å². The minimum atomic E-state index is -3.15. The summed E-state index contributed by atoms with van der Waals surface area (Å²) in [7, 11) is -1.45. The van der Waals surface area contributed by atoms with Crippen molar-refractivity contribution in [1.29, 1.82) is 0 Å². The van der Waals surface area contributed by atoms with Crippen LogP contribution in [0.1, 0.15) is 26.7 Å². The average Bonchev–Trinajstić information content (AvgIpc) is 2.54. The average molecular weight is 351 g/mol. The molecule has 1 saturated heterocycles. The summed E-state index contributed by atoms with van der Waals surface area (Å²) in [6.45, 7) is 6.87. The highest BCUT2D eigenvalue weighted by molar-refractivity contribution is 7.99. The van der Waals surface area contributed by atoms with Crippen LogP contribution in [0.4, 0.5) is 0 Å². The van der Waals surface area contributed by atoms with E-state index in [1.54, 1.807) is 11.4 Å². The van der Waals surface area contributed by atoms with Crippen LogP contribution in [-0.2, 0) is 10.0 Å². The van der Waals surface area contributed by atoms with E-state index in [4.69, 9.17) is 0 Å². The van der Waals surface area contributed by atoms with E-state index in [1.165, 1.54) is 0 Å². The second kappa shape index (κ2) is 10.3. The number of sulfonamides is 1. The Morgan fingerprint density at radius 3 is 2.41 bits per heavy atom. The molecule has 0 radical (unpaired) electrons. The van der Waals surface area contributed by atoms with Gasteiger partial charge >= 0.3 is 0 Å². The molecule has 0 aromatic carbocycles. The Hall–Kier alpha value is -0.470. The minimum absolute atomic E-state index is 0.114. The van der Waals surface area contributed by atoms with Crippen molar-refractivity contribution in [2.45, 2.75) is 26.7 Å². The van der Waals surface area contributed by atoms with Gasteiger partial charge in [0.1, 0.15) is 0 Å². The molecule has 0 amide bonds. The summed E-state index contributed by atoms with van der Waals surface area (Å²) in [4.78, 5) is 4.14. The van der Waals surface area contributed by atoms with Crippen LogP contribution in [0, 0.1) is 5.92 Å². The molecule has 6 nitrogen and oxygen atoms in total.